The Balaban J connectivity index is 2.42. The Morgan fingerprint density at radius 1 is 1.50 bits per heavy atom. The first kappa shape index (κ1) is 16.0. The Kier molecular flexibility index (Phi) is 4.45. The molecule has 0 spiro atoms. The molecule has 0 aromatic carbocycles. The molecule has 1 aromatic rings. The Morgan fingerprint density at radius 2 is 2.23 bits per heavy atom. The van der Waals surface area contributed by atoms with Gasteiger partial charge in [0.05, 0.1) is 12.7 Å². The molecule has 116 valence electrons. The molecule has 1 atom stereocenters. The lowest BCUT2D eigenvalue weighted by Gasteiger charge is -2.20. The van der Waals surface area contributed by atoms with Gasteiger partial charge in [0.2, 0.25) is 6.39 Å². The van der Waals surface area contributed by atoms with Crippen LogP contribution in [0.2, 0.25) is 0 Å². The molecule has 1 unspecified atom stereocenters. The molecule has 1 heterocycles. The summed E-state index contributed by atoms with van der Waals surface area (Å²) < 4.78 is 35.8. The van der Waals surface area contributed by atoms with Gasteiger partial charge in [0.15, 0.2) is 0 Å². The number of carbonyl (C=O) groups excluding carboxylic acids is 2. The first-order chi connectivity index (χ1) is 10.4. The lowest BCUT2D eigenvalue weighted by Crippen LogP contribution is -2.36. The fourth-order valence-corrected chi connectivity index (χ4v) is 3.45. The van der Waals surface area contributed by atoms with Gasteiger partial charge in [-0.2, -0.15) is 0 Å². The van der Waals surface area contributed by atoms with Gasteiger partial charge in [-0.25, -0.2) is 17.9 Å². The summed E-state index contributed by atoms with van der Waals surface area (Å²) in [4.78, 5) is 22.0. The number of rotatable bonds is 4. The van der Waals surface area contributed by atoms with Crippen molar-refractivity contribution in [3.05, 3.63) is 40.7 Å². The molecule has 1 amide bonds. The number of nitrogens with one attached hydrogen (secondary N) is 1. The minimum absolute atomic E-state index is 0.118. The van der Waals surface area contributed by atoms with Gasteiger partial charge in [0.1, 0.15) is 22.0 Å². The Bertz CT molecular complexity index is 805. The number of hydrogen-bond acceptors (Lipinski definition) is 8. The molecular weight excluding hydrogens is 338 g/mol. The molecule has 1 N–H and O–H groups in total. The highest BCUT2D eigenvalue weighted by Gasteiger charge is 2.36. The van der Waals surface area contributed by atoms with Crippen LogP contribution in [-0.4, -0.2) is 43.0 Å². The van der Waals surface area contributed by atoms with E-state index in [1.54, 1.807) is 4.72 Å². The molecule has 1 aliphatic carbocycles. The summed E-state index contributed by atoms with van der Waals surface area (Å²) in [5.74, 6) is -0.291. The maximum atomic E-state index is 12.3. The number of nitrogens with zero attached hydrogens (tertiary/aromatic N) is 2. The first-order valence-corrected chi connectivity index (χ1v) is 7.51. The number of alkyl halides is 1. The largest absolute Gasteiger partial charge is 0.496 e. The van der Waals surface area contributed by atoms with Crippen LogP contribution in [0, 0.1) is 0 Å². The van der Waals surface area contributed by atoms with Crippen molar-refractivity contribution >= 4 is 33.5 Å². The van der Waals surface area contributed by atoms with Crippen LogP contribution in [0.25, 0.3) is 0 Å². The van der Waals surface area contributed by atoms with E-state index in [1.807, 2.05) is 0 Å². The van der Waals surface area contributed by atoms with E-state index in [0.29, 0.717) is 0 Å². The average Bonchev–Trinajstić information content (AvgIpc) is 3.00. The molecule has 0 fully saturated rings. The van der Waals surface area contributed by atoms with Crippen molar-refractivity contribution in [2.24, 2.45) is 0 Å². The highest BCUT2D eigenvalue weighted by atomic mass is 35.5. The number of hydrogen-bond donors (Lipinski definition) is 1. The number of methoxy groups -OCH3 is 1. The molecular formula is C11H8ClN3O6S. The monoisotopic (exact) mass is 345 g/mol. The summed E-state index contributed by atoms with van der Waals surface area (Å²) >= 11 is 5.94. The summed E-state index contributed by atoms with van der Waals surface area (Å²) in [6, 6.07) is 0. The van der Waals surface area contributed by atoms with Gasteiger partial charge in [-0.1, -0.05) is 0 Å². The van der Waals surface area contributed by atoms with Crippen molar-refractivity contribution in [2.45, 2.75) is 5.38 Å². The highest BCUT2D eigenvalue weighted by molar-refractivity contribution is 7.94. The predicted octanol–water partition coefficient (Wildman–Crippen LogP) is -0.0776. The van der Waals surface area contributed by atoms with E-state index >= 15 is 0 Å². The average molecular weight is 346 g/mol. The number of ether oxygens (including phenoxy) is 1. The second kappa shape index (κ2) is 6.14. The lowest BCUT2D eigenvalue weighted by molar-refractivity contribution is 0.0948. The van der Waals surface area contributed by atoms with E-state index in [4.69, 9.17) is 16.3 Å². The molecule has 0 aliphatic heterocycles. The van der Waals surface area contributed by atoms with Crippen molar-refractivity contribution in [2.75, 3.05) is 7.11 Å². The quantitative estimate of drug-likeness (QED) is 0.592. The van der Waals surface area contributed by atoms with E-state index < -0.39 is 32.1 Å². The number of allylic oxidation sites excluding steroid dienone is 4. The molecule has 0 saturated carbocycles. The number of aromatic nitrogens is 2. The van der Waals surface area contributed by atoms with Crippen LogP contribution in [0.4, 0.5) is 0 Å². The minimum atomic E-state index is -4.42. The Hall–Kier alpha value is -2.42. The third-order valence-corrected chi connectivity index (χ3v) is 4.62. The molecule has 0 bridgehead atoms. The van der Waals surface area contributed by atoms with E-state index in [1.165, 1.54) is 25.2 Å². The van der Waals surface area contributed by atoms with Gasteiger partial charge in [0.25, 0.3) is 10.0 Å². The highest BCUT2D eigenvalue weighted by Crippen LogP contribution is 2.30. The van der Waals surface area contributed by atoms with Crippen LogP contribution in [0.1, 0.15) is 10.7 Å². The van der Waals surface area contributed by atoms with Crippen molar-refractivity contribution < 1.29 is 27.2 Å². The van der Waals surface area contributed by atoms with E-state index in [-0.39, 0.29) is 11.3 Å². The molecule has 11 heteroatoms. The summed E-state index contributed by atoms with van der Waals surface area (Å²) in [5, 5.41) is 5.18. The molecule has 1 aromatic heterocycles. The summed E-state index contributed by atoms with van der Waals surface area (Å²) in [5.41, 5.74) is -0.118. The van der Waals surface area contributed by atoms with Crippen molar-refractivity contribution in [1.29, 1.82) is 0 Å². The molecule has 0 saturated heterocycles. The number of sulfonamides is 1. The third kappa shape index (κ3) is 2.93. The fourth-order valence-electron chi connectivity index (χ4n) is 1.61. The predicted molar refractivity (Wildman–Crippen MR) is 72.7 cm³/mol. The molecule has 9 nitrogen and oxygen atoms in total. The normalized spacial score (nSPS) is 18.1. The maximum Gasteiger partial charge on any atom is 0.322 e. The molecule has 2 rings (SSSR count). The van der Waals surface area contributed by atoms with Crippen molar-refractivity contribution in [1.82, 2.24) is 14.9 Å². The fraction of sp³-hybridized carbons (Fsp3) is 0.182. The number of carbonyl (C=O) groups is 1. The van der Waals surface area contributed by atoms with E-state index in [9.17, 15) is 18.0 Å². The summed E-state index contributed by atoms with van der Waals surface area (Å²) in [6.07, 6.45) is 3.36. The summed E-state index contributed by atoms with van der Waals surface area (Å²) in [7, 11) is -3.20. The first-order valence-electron chi connectivity index (χ1n) is 5.59. The van der Waals surface area contributed by atoms with Gasteiger partial charge in [0, 0.05) is 0 Å². The molecule has 22 heavy (non-hydrogen) atoms. The van der Waals surface area contributed by atoms with Crippen molar-refractivity contribution in [3.8, 4) is 0 Å². The zero-order chi connectivity index (χ0) is 16.3. The van der Waals surface area contributed by atoms with Crippen LogP contribution < -0.4 is 4.72 Å². The zero-order valence-electron chi connectivity index (χ0n) is 10.9. The van der Waals surface area contributed by atoms with E-state index in [2.05, 4.69) is 14.6 Å². The second-order valence-electron chi connectivity index (χ2n) is 3.86. The smallest absolute Gasteiger partial charge is 0.322 e. The SMILES string of the molecule is COC1=C(S(=O)(=O)NC(=O)c2nnco2)C(Cl)C(=C=O)C=C1. The third-order valence-electron chi connectivity index (χ3n) is 2.57. The van der Waals surface area contributed by atoms with Crippen LogP contribution >= 0.6 is 11.6 Å². The standard InChI is InChI=1S/C11H8ClN3O6S/c1-20-7-3-2-6(4-16)8(12)9(7)22(18,19)15-10(17)11-14-13-5-21-11/h2-3,5,8H,1H3,(H,15,17). The number of halogens is 1. The van der Waals surface area contributed by atoms with E-state index in [0.717, 1.165) is 6.39 Å². The Morgan fingerprint density at radius 3 is 2.77 bits per heavy atom. The minimum Gasteiger partial charge on any atom is -0.496 e. The van der Waals surface area contributed by atoms with Gasteiger partial charge in [-0.05, 0) is 12.2 Å². The van der Waals surface area contributed by atoms with Gasteiger partial charge in [-0.15, -0.1) is 21.8 Å². The van der Waals surface area contributed by atoms with Gasteiger partial charge < -0.3 is 9.15 Å². The van der Waals surface area contributed by atoms with Gasteiger partial charge in [-0.3, -0.25) is 4.79 Å². The van der Waals surface area contributed by atoms with Gasteiger partial charge >= 0.3 is 11.8 Å². The van der Waals surface area contributed by atoms with Crippen LogP contribution in [0.15, 0.2) is 39.2 Å². The topological polar surface area (TPSA) is 128 Å². The van der Waals surface area contributed by atoms with Crippen molar-refractivity contribution in [3.63, 3.8) is 0 Å². The van der Waals surface area contributed by atoms with Crippen LogP contribution in [0.5, 0.6) is 0 Å². The number of amides is 1. The van der Waals surface area contributed by atoms with Crippen LogP contribution in [-0.2, 0) is 19.6 Å². The molecule has 0 radical (unpaired) electrons. The molecule has 1 aliphatic rings. The summed E-state index contributed by atoms with van der Waals surface area (Å²) in [6.45, 7) is 0. The zero-order valence-corrected chi connectivity index (χ0v) is 12.5. The maximum absolute atomic E-state index is 12.3. The second-order valence-corrected chi connectivity index (χ2v) is 5.95. The Labute approximate surface area is 129 Å². The van der Waals surface area contributed by atoms with Crippen LogP contribution in [0.3, 0.4) is 0 Å². The lowest BCUT2D eigenvalue weighted by atomic mass is 10.1.